The molecule has 27 heavy (non-hydrogen) atoms. The van der Waals surface area contributed by atoms with Crippen molar-refractivity contribution in [2.24, 2.45) is 4.99 Å². The Balaban J connectivity index is 0.00000364. The number of nitrogens with zero attached hydrogens (tertiary/aromatic N) is 1. The van der Waals surface area contributed by atoms with Gasteiger partial charge in [0.2, 0.25) is 0 Å². The molecule has 0 aliphatic rings. The Bertz CT molecular complexity index is 721. The lowest BCUT2D eigenvalue weighted by atomic mass is 10.2. The summed E-state index contributed by atoms with van der Waals surface area (Å²) in [4.78, 5) is 4.63. The molecule has 0 spiro atoms. The molecule has 0 bridgehead atoms. The molecule has 6 nitrogen and oxygen atoms in total. The van der Waals surface area contributed by atoms with Gasteiger partial charge in [0, 0.05) is 18.3 Å². The molecule has 2 aromatic carbocycles. The van der Waals surface area contributed by atoms with E-state index in [0.29, 0.717) is 24.9 Å². The summed E-state index contributed by atoms with van der Waals surface area (Å²) in [5.41, 5.74) is 1.98. The molecule has 0 heterocycles. The zero-order valence-corrected chi connectivity index (χ0v) is 18.6. The van der Waals surface area contributed by atoms with Crippen LogP contribution in [0.5, 0.6) is 17.2 Å². The van der Waals surface area contributed by atoms with E-state index in [2.05, 4.69) is 15.6 Å². The Kier molecular flexibility index (Phi) is 10.4. The lowest BCUT2D eigenvalue weighted by molar-refractivity contribution is 0.311. The molecule has 2 aromatic rings. The van der Waals surface area contributed by atoms with E-state index in [1.54, 1.807) is 14.2 Å². The van der Waals surface area contributed by atoms with Gasteiger partial charge in [0.25, 0.3) is 0 Å². The topological polar surface area (TPSA) is 64.1 Å². The molecular weight excluding hydrogens is 457 g/mol. The van der Waals surface area contributed by atoms with Gasteiger partial charge in [-0.25, -0.2) is 4.99 Å². The Hall–Kier alpha value is -2.16. The highest BCUT2D eigenvalue weighted by Crippen LogP contribution is 2.30. The molecule has 0 aliphatic carbocycles. The van der Waals surface area contributed by atoms with Crippen LogP contribution in [0.25, 0.3) is 0 Å². The zero-order valence-electron chi connectivity index (χ0n) is 16.2. The second-order valence-electron chi connectivity index (χ2n) is 5.47. The Morgan fingerprint density at radius 2 is 1.70 bits per heavy atom. The van der Waals surface area contributed by atoms with Gasteiger partial charge in [-0.2, -0.15) is 0 Å². The number of hydrogen-bond donors (Lipinski definition) is 2. The fourth-order valence-electron chi connectivity index (χ4n) is 2.37. The van der Waals surface area contributed by atoms with E-state index in [1.807, 2.05) is 56.3 Å². The smallest absolute Gasteiger partial charge is 0.196 e. The largest absolute Gasteiger partial charge is 0.497 e. The van der Waals surface area contributed by atoms with Gasteiger partial charge in [-0.05, 0) is 43.7 Å². The van der Waals surface area contributed by atoms with Crippen LogP contribution in [0.1, 0.15) is 19.4 Å². The van der Waals surface area contributed by atoms with Gasteiger partial charge in [0.1, 0.15) is 5.75 Å². The molecule has 0 saturated carbocycles. The summed E-state index contributed by atoms with van der Waals surface area (Å²) in [6, 6.07) is 13.6. The van der Waals surface area contributed by atoms with Crippen molar-refractivity contribution in [3.8, 4) is 17.2 Å². The molecule has 0 fully saturated rings. The second kappa shape index (κ2) is 12.3. The first-order valence-electron chi connectivity index (χ1n) is 8.69. The number of anilines is 1. The molecule has 2 rings (SSSR count). The van der Waals surface area contributed by atoms with E-state index in [1.165, 1.54) is 0 Å². The first-order chi connectivity index (χ1) is 12.7. The predicted molar refractivity (Wildman–Crippen MR) is 121 cm³/mol. The van der Waals surface area contributed by atoms with Crippen molar-refractivity contribution in [3.63, 3.8) is 0 Å². The van der Waals surface area contributed by atoms with E-state index >= 15 is 0 Å². The highest BCUT2D eigenvalue weighted by molar-refractivity contribution is 14.0. The monoisotopic (exact) mass is 485 g/mol. The second-order valence-corrected chi connectivity index (χ2v) is 5.47. The molecule has 0 aromatic heterocycles. The molecule has 0 aliphatic heterocycles. The van der Waals surface area contributed by atoms with Crippen molar-refractivity contribution in [3.05, 3.63) is 48.0 Å². The third-order valence-corrected chi connectivity index (χ3v) is 3.65. The molecule has 0 atom stereocenters. The fourth-order valence-corrected chi connectivity index (χ4v) is 2.37. The molecule has 2 N–H and O–H groups in total. The summed E-state index contributed by atoms with van der Waals surface area (Å²) in [7, 11) is 3.29. The molecule has 7 heteroatoms. The molecule has 0 saturated heterocycles. The van der Waals surface area contributed by atoms with E-state index in [0.717, 1.165) is 29.3 Å². The molecule has 0 unspecified atom stereocenters. The van der Waals surface area contributed by atoms with Gasteiger partial charge in [-0.15, -0.1) is 24.0 Å². The number of guanidine groups is 1. The number of aliphatic imine (C=N–C) groups is 1. The summed E-state index contributed by atoms with van der Waals surface area (Å²) in [5.74, 6) is 2.95. The van der Waals surface area contributed by atoms with Gasteiger partial charge in [-0.1, -0.05) is 12.1 Å². The maximum Gasteiger partial charge on any atom is 0.196 e. The molecule has 148 valence electrons. The van der Waals surface area contributed by atoms with E-state index < -0.39 is 0 Å². The quantitative estimate of drug-likeness (QED) is 0.332. The number of benzene rings is 2. The van der Waals surface area contributed by atoms with Crippen LogP contribution in [0.15, 0.2) is 47.5 Å². The number of hydrogen-bond acceptors (Lipinski definition) is 4. The molecule has 0 radical (unpaired) electrons. The van der Waals surface area contributed by atoms with E-state index in [-0.39, 0.29) is 24.0 Å². The number of nitrogens with one attached hydrogen (secondary N) is 2. The van der Waals surface area contributed by atoms with Crippen molar-refractivity contribution in [2.75, 3.05) is 32.7 Å². The third kappa shape index (κ3) is 7.16. The zero-order chi connectivity index (χ0) is 18.8. The number of methoxy groups -OCH3 is 2. The average Bonchev–Trinajstić information content (AvgIpc) is 2.68. The summed E-state index contributed by atoms with van der Waals surface area (Å²) in [5, 5.41) is 6.54. The Morgan fingerprint density at radius 3 is 2.30 bits per heavy atom. The van der Waals surface area contributed by atoms with E-state index in [4.69, 9.17) is 14.2 Å². The lowest BCUT2D eigenvalue weighted by Crippen LogP contribution is -2.30. The van der Waals surface area contributed by atoms with Crippen molar-refractivity contribution in [1.29, 1.82) is 0 Å². The van der Waals surface area contributed by atoms with Crippen molar-refractivity contribution < 1.29 is 14.2 Å². The van der Waals surface area contributed by atoms with Crippen LogP contribution in [0, 0.1) is 0 Å². The van der Waals surface area contributed by atoms with Crippen molar-refractivity contribution >= 4 is 35.6 Å². The van der Waals surface area contributed by atoms with Crippen LogP contribution in [0.4, 0.5) is 5.69 Å². The summed E-state index contributed by atoms with van der Waals surface area (Å²) < 4.78 is 16.1. The van der Waals surface area contributed by atoms with Crippen molar-refractivity contribution in [1.82, 2.24) is 5.32 Å². The maximum absolute atomic E-state index is 5.55. The van der Waals surface area contributed by atoms with Crippen molar-refractivity contribution in [2.45, 2.75) is 20.4 Å². The van der Waals surface area contributed by atoms with Crippen LogP contribution in [0.2, 0.25) is 0 Å². The lowest BCUT2D eigenvalue weighted by Gasteiger charge is -2.14. The molecular formula is C20H28IN3O3. The number of ether oxygens (including phenoxy) is 3. The van der Waals surface area contributed by atoms with Crippen LogP contribution >= 0.6 is 24.0 Å². The average molecular weight is 485 g/mol. The Labute approximate surface area is 178 Å². The first kappa shape index (κ1) is 22.9. The van der Waals surface area contributed by atoms with Crippen LogP contribution in [0.3, 0.4) is 0 Å². The van der Waals surface area contributed by atoms with Crippen LogP contribution < -0.4 is 24.8 Å². The molecule has 0 amide bonds. The minimum absolute atomic E-state index is 0. The highest BCUT2D eigenvalue weighted by atomic mass is 127. The number of rotatable bonds is 8. The van der Waals surface area contributed by atoms with Gasteiger partial charge in [0.15, 0.2) is 17.5 Å². The van der Waals surface area contributed by atoms with Gasteiger partial charge in [-0.3, -0.25) is 0 Å². The summed E-state index contributed by atoms with van der Waals surface area (Å²) in [6.45, 7) is 5.90. The van der Waals surface area contributed by atoms with Gasteiger partial charge < -0.3 is 24.8 Å². The normalized spacial score (nSPS) is 10.6. The SMILES string of the molecule is CCNC(=NCc1ccc(OC)cc1)Nc1ccc(OCC)c(OC)c1.I. The van der Waals surface area contributed by atoms with Gasteiger partial charge in [0.05, 0.1) is 27.4 Å². The summed E-state index contributed by atoms with van der Waals surface area (Å²) >= 11 is 0. The third-order valence-electron chi connectivity index (χ3n) is 3.65. The highest BCUT2D eigenvalue weighted by Gasteiger charge is 2.07. The first-order valence-corrected chi connectivity index (χ1v) is 8.69. The van der Waals surface area contributed by atoms with E-state index in [9.17, 15) is 0 Å². The van der Waals surface area contributed by atoms with Crippen LogP contribution in [-0.2, 0) is 6.54 Å². The summed E-state index contributed by atoms with van der Waals surface area (Å²) in [6.07, 6.45) is 0. The minimum atomic E-state index is 0. The standard InChI is InChI=1S/C20H27N3O3.HI/c1-5-21-20(22-14-15-7-10-17(24-3)11-8-15)23-16-9-12-18(26-6-2)19(13-16)25-4;/h7-13H,5-6,14H2,1-4H3,(H2,21,22,23);1H. The minimum Gasteiger partial charge on any atom is -0.497 e. The van der Waals surface area contributed by atoms with Gasteiger partial charge >= 0.3 is 0 Å². The predicted octanol–water partition coefficient (Wildman–Crippen LogP) is 4.30. The fraction of sp³-hybridized carbons (Fsp3) is 0.350. The Morgan fingerprint density at radius 1 is 0.963 bits per heavy atom. The number of halogens is 1. The maximum atomic E-state index is 5.55. The van der Waals surface area contributed by atoms with Crippen LogP contribution in [-0.4, -0.2) is 33.3 Å².